The number of anilines is 1. The minimum absolute atomic E-state index is 0.00785. The second kappa shape index (κ2) is 13.3. The van der Waals surface area contributed by atoms with Gasteiger partial charge in [-0.15, -0.1) is 23.1 Å². The van der Waals surface area contributed by atoms with Gasteiger partial charge in [0.1, 0.15) is 49.2 Å². The molecule has 17 nitrogen and oxygen atoms in total. The van der Waals surface area contributed by atoms with Crippen molar-refractivity contribution in [3.8, 4) is 0 Å². The monoisotopic (exact) mass is 759 g/mol. The average Bonchev–Trinajstić information content (AvgIpc) is 3.78. The lowest BCUT2D eigenvalue weighted by Gasteiger charge is -2.49. The van der Waals surface area contributed by atoms with E-state index in [0.29, 0.717) is 17.8 Å². The first-order chi connectivity index (χ1) is 23.6. The fraction of sp³-hybridized carbons (Fsp3) is 0.276. The third-order valence-corrected chi connectivity index (χ3v) is 11.0. The molecule has 1 fully saturated rings. The zero-order chi connectivity index (χ0) is 36.1. The van der Waals surface area contributed by atoms with E-state index in [2.05, 4.69) is 20.4 Å². The van der Waals surface area contributed by atoms with Gasteiger partial charge in [-0.05, 0) is 19.9 Å². The number of hydrogen-bond donors (Lipinski definition) is 6. The molecule has 50 heavy (non-hydrogen) atoms. The number of rotatable bonds is 12. The molecule has 260 valence electrons. The maximum atomic E-state index is 13.5. The van der Waals surface area contributed by atoms with E-state index in [1.54, 1.807) is 5.38 Å². The van der Waals surface area contributed by atoms with Crippen molar-refractivity contribution >= 4 is 97.4 Å². The molecule has 6 heterocycles. The number of amidine groups is 1. The summed E-state index contributed by atoms with van der Waals surface area (Å²) in [5, 5.41) is 36.2. The summed E-state index contributed by atoms with van der Waals surface area (Å²) < 4.78 is 3.79. The highest BCUT2D eigenvalue weighted by atomic mass is 35.5. The van der Waals surface area contributed by atoms with Crippen molar-refractivity contribution in [1.29, 1.82) is 5.41 Å². The van der Waals surface area contributed by atoms with Crippen LogP contribution < -0.4 is 21.4 Å². The Kier molecular flexibility index (Phi) is 9.29. The number of thioether (sulfide) groups is 1. The van der Waals surface area contributed by atoms with E-state index in [9.17, 15) is 29.4 Å². The van der Waals surface area contributed by atoms with Crippen LogP contribution in [0.1, 0.15) is 30.2 Å². The van der Waals surface area contributed by atoms with E-state index in [4.69, 9.17) is 33.3 Å². The highest BCUT2D eigenvalue weighted by Gasteiger charge is 2.55. The summed E-state index contributed by atoms with van der Waals surface area (Å²) in [6.45, 7) is 3.06. The molecule has 2 aliphatic heterocycles. The van der Waals surface area contributed by atoms with Crippen LogP contribution in [0, 0.1) is 5.41 Å². The number of carbonyl (C=O) groups is 4. The number of nitrogen functional groups attached to an aromatic ring is 2. The normalized spacial score (nSPS) is 17.8. The Morgan fingerprint density at radius 3 is 2.68 bits per heavy atom. The zero-order valence-corrected chi connectivity index (χ0v) is 29.3. The summed E-state index contributed by atoms with van der Waals surface area (Å²) in [5.41, 5.74) is 10.4. The quantitative estimate of drug-likeness (QED) is 0.0394. The van der Waals surface area contributed by atoms with Gasteiger partial charge in [0.25, 0.3) is 11.8 Å². The molecule has 0 aromatic carbocycles. The van der Waals surface area contributed by atoms with Crippen LogP contribution in [0.15, 0.2) is 52.5 Å². The highest BCUT2D eigenvalue weighted by molar-refractivity contribution is 8.00. The Bertz CT molecular complexity index is 2160. The zero-order valence-electron chi connectivity index (χ0n) is 26.1. The van der Waals surface area contributed by atoms with Crippen LogP contribution in [0.25, 0.3) is 10.9 Å². The van der Waals surface area contributed by atoms with E-state index in [-0.39, 0.29) is 39.0 Å². The molecule has 0 unspecified atom stereocenters. The Balaban J connectivity index is 1.22. The van der Waals surface area contributed by atoms with Crippen molar-refractivity contribution in [2.75, 3.05) is 11.5 Å². The number of nitrogens with one attached hydrogen (secondary N) is 2. The van der Waals surface area contributed by atoms with Gasteiger partial charge in [-0.1, -0.05) is 28.1 Å². The third-order valence-electron chi connectivity index (χ3n) is 7.74. The summed E-state index contributed by atoms with van der Waals surface area (Å²) in [6, 6.07) is 2.71. The number of nitrogens with zero attached hydrogens (tertiary/aromatic N) is 6. The van der Waals surface area contributed by atoms with Crippen LogP contribution in [0.5, 0.6) is 0 Å². The second-order valence-corrected chi connectivity index (χ2v) is 15.3. The molecule has 2 aliphatic rings. The lowest BCUT2D eigenvalue weighted by atomic mass is 10.0. The SMILES string of the molecule is CC(C)(O/N=C(\C(=O)N[C@@H]1C(=O)N2C(C(=O)O)=C(C[n+]3ccc4ccn(Cc5nc(C(=N)N)cs5)c4c3)CS[C@H]12)c1nc(N)sc1Cl)C(=O)O. The molecule has 4 aromatic heterocycles. The van der Waals surface area contributed by atoms with Crippen LogP contribution in [-0.4, -0.2) is 87.7 Å². The minimum atomic E-state index is -1.83. The molecule has 2 atom stereocenters. The molecule has 6 rings (SSSR count). The molecular weight excluding hydrogens is 732 g/mol. The molecule has 4 aromatic rings. The van der Waals surface area contributed by atoms with Gasteiger partial charge in [-0.25, -0.2) is 19.6 Å². The number of pyridine rings is 1. The molecule has 0 saturated carbocycles. The van der Waals surface area contributed by atoms with Gasteiger partial charge in [-0.2, -0.15) is 4.57 Å². The standard InChI is InChI=1S/C29H27ClN10O7S3/c1-29(2,27(45)46)47-37-18(17-21(30)50-28(33)36-17)23(41)35-19-24(42)40-20(26(43)44)13(10-49-25(19)40)7-38-5-3-12-4-6-39(15(12)8-38)9-16-34-14(11-48-16)22(31)32/h3-6,8,11,19,25H,7,9-10H2,1-2H3,(H7-,31,32,33,35,36,41,43,44,45,46)/p+1/b37-18-/t19-,25-/m1/s1. The third kappa shape index (κ3) is 6.61. The molecule has 8 N–H and O–H groups in total. The predicted molar refractivity (Wildman–Crippen MR) is 185 cm³/mol. The van der Waals surface area contributed by atoms with Crippen LogP contribution in [0.2, 0.25) is 4.34 Å². The summed E-state index contributed by atoms with van der Waals surface area (Å²) in [6.07, 6.45) is 5.61. The summed E-state index contributed by atoms with van der Waals surface area (Å²) in [5.74, 6) is -4.14. The predicted octanol–water partition coefficient (Wildman–Crippen LogP) is 1.43. The van der Waals surface area contributed by atoms with Crippen molar-refractivity contribution in [2.45, 2.75) is 44.0 Å². The smallest absolute Gasteiger partial charge is 0.352 e. The van der Waals surface area contributed by atoms with E-state index in [0.717, 1.165) is 32.1 Å². The minimum Gasteiger partial charge on any atom is -0.478 e. The number of halogens is 1. The van der Waals surface area contributed by atoms with Gasteiger partial charge in [0.15, 0.2) is 29.8 Å². The van der Waals surface area contributed by atoms with Crippen LogP contribution in [-0.2, 0) is 37.1 Å². The average molecular weight is 760 g/mol. The van der Waals surface area contributed by atoms with Crippen molar-refractivity contribution in [3.63, 3.8) is 0 Å². The first-order valence-electron chi connectivity index (χ1n) is 14.5. The number of thiazole rings is 2. The highest BCUT2D eigenvalue weighted by Crippen LogP contribution is 2.40. The van der Waals surface area contributed by atoms with E-state index < -0.39 is 46.5 Å². The summed E-state index contributed by atoms with van der Waals surface area (Å²) in [7, 11) is 0. The fourth-order valence-electron chi connectivity index (χ4n) is 5.15. The van der Waals surface area contributed by atoms with Crippen molar-refractivity contribution in [2.24, 2.45) is 10.9 Å². The van der Waals surface area contributed by atoms with Gasteiger partial charge in [0.05, 0.1) is 6.54 Å². The summed E-state index contributed by atoms with van der Waals surface area (Å²) >= 11 is 9.73. The van der Waals surface area contributed by atoms with E-state index >= 15 is 0 Å². The van der Waals surface area contributed by atoms with Crippen molar-refractivity contribution in [1.82, 2.24) is 24.8 Å². The number of carboxylic acids is 2. The molecular formula is C29H28ClN10O7S3+. The van der Waals surface area contributed by atoms with Crippen LogP contribution in [0.3, 0.4) is 0 Å². The Labute approximate surface area is 299 Å². The largest absolute Gasteiger partial charge is 0.478 e. The van der Waals surface area contributed by atoms with Gasteiger partial charge >= 0.3 is 11.9 Å². The Morgan fingerprint density at radius 2 is 2.04 bits per heavy atom. The van der Waals surface area contributed by atoms with Crippen LogP contribution in [0.4, 0.5) is 5.13 Å². The van der Waals surface area contributed by atoms with Crippen molar-refractivity contribution in [3.05, 3.63) is 68.1 Å². The maximum absolute atomic E-state index is 13.5. The van der Waals surface area contributed by atoms with Gasteiger partial charge < -0.3 is 36.4 Å². The van der Waals surface area contributed by atoms with E-state index in [1.165, 1.54) is 36.9 Å². The number of fused-ring (bicyclic) bond motifs is 2. The van der Waals surface area contributed by atoms with Crippen molar-refractivity contribution < 1.29 is 38.8 Å². The van der Waals surface area contributed by atoms with Gasteiger partial charge in [0, 0.05) is 34.4 Å². The molecule has 0 radical (unpaired) electrons. The number of carboxylic acid groups (broad SMARTS) is 2. The first kappa shape index (κ1) is 34.8. The number of aliphatic carboxylic acids is 2. The first-order valence-corrected chi connectivity index (χ1v) is 17.7. The molecule has 0 bridgehead atoms. The lowest BCUT2D eigenvalue weighted by Crippen LogP contribution is -2.71. The van der Waals surface area contributed by atoms with Crippen LogP contribution >= 0.6 is 46.0 Å². The number of amides is 2. The number of aromatic nitrogens is 4. The molecule has 21 heteroatoms. The summed E-state index contributed by atoms with van der Waals surface area (Å²) in [4.78, 5) is 65.7. The van der Waals surface area contributed by atoms with Gasteiger partial charge in [0.2, 0.25) is 5.60 Å². The topological polar surface area (TPSA) is 256 Å². The molecule has 1 saturated heterocycles. The number of carbonyl (C=O) groups excluding carboxylic acids is 2. The number of oxime groups is 1. The second-order valence-electron chi connectivity index (χ2n) is 11.6. The Hall–Kier alpha value is -5.05. The Morgan fingerprint density at radius 1 is 1.28 bits per heavy atom. The number of β-lactam (4-membered cyclic amide) rings is 1. The lowest BCUT2D eigenvalue weighted by molar-refractivity contribution is -0.687. The molecule has 0 spiro atoms. The molecule has 0 aliphatic carbocycles. The number of nitrogens with two attached hydrogens (primary N) is 2. The maximum Gasteiger partial charge on any atom is 0.352 e. The number of hydrogen-bond acceptors (Lipinski definition) is 13. The van der Waals surface area contributed by atoms with Gasteiger partial charge in [-0.3, -0.25) is 19.9 Å². The molecule has 2 amide bonds. The fourth-order valence-corrected chi connectivity index (χ4v) is 8.20. The van der Waals surface area contributed by atoms with E-state index in [1.807, 2.05) is 39.9 Å².